The van der Waals surface area contributed by atoms with Gasteiger partial charge in [-0.05, 0) is 38.5 Å². The van der Waals surface area contributed by atoms with Gasteiger partial charge in [0.1, 0.15) is 11.5 Å². The standard InChI is InChI=1S/C16H21ClO3/c1-9-6-14-11(7-13(9)19-5)10(2)12(17)8-15(18)16(3,4)20-14/h6-7,10,12H,8H2,1-5H3. The van der Waals surface area contributed by atoms with Crippen LogP contribution in [0.15, 0.2) is 12.1 Å². The highest BCUT2D eigenvalue weighted by Gasteiger charge is 2.37. The molecule has 1 aromatic rings. The quantitative estimate of drug-likeness (QED) is 0.739. The fourth-order valence-corrected chi connectivity index (χ4v) is 2.74. The maximum Gasteiger partial charge on any atom is 0.177 e. The van der Waals surface area contributed by atoms with E-state index in [4.69, 9.17) is 21.1 Å². The number of ketones is 1. The van der Waals surface area contributed by atoms with Crippen molar-refractivity contribution in [1.82, 2.24) is 0 Å². The minimum atomic E-state index is -0.858. The van der Waals surface area contributed by atoms with Crippen LogP contribution in [0, 0.1) is 6.92 Å². The molecule has 0 fully saturated rings. The summed E-state index contributed by atoms with van der Waals surface area (Å²) in [5, 5.41) is -0.239. The molecule has 0 spiro atoms. The number of halogens is 1. The molecule has 1 aromatic carbocycles. The minimum absolute atomic E-state index is 0.0289. The number of carbonyl (C=O) groups is 1. The smallest absolute Gasteiger partial charge is 0.177 e. The fraction of sp³-hybridized carbons (Fsp3) is 0.562. The molecule has 1 aliphatic rings. The lowest BCUT2D eigenvalue weighted by molar-refractivity contribution is -0.132. The Morgan fingerprint density at radius 3 is 2.65 bits per heavy atom. The van der Waals surface area contributed by atoms with Crippen LogP contribution in [0.1, 0.15) is 44.2 Å². The molecule has 2 atom stereocenters. The van der Waals surface area contributed by atoms with Gasteiger partial charge in [-0.3, -0.25) is 4.79 Å². The summed E-state index contributed by atoms with van der Waals surface area (Å²) in [5.74, 6) is 1.59. The van der Waals surface area contributed by atoms with Crippen LogP contribution in [0.3, 0.4) is 0 Å². The van der Waals surface area contributed by atoms with Crippen molar-refractivity contribution < 1.29 is 14.3 Å². The van der Waals surface area contributed by atoms with Gasteiger partial charge < -0.3 is 9.47 Å². The first-order valence-corrected chi connectivity index (χ1v) is 7.25. The maximum atomic E-state index is 12.2. The number of hydrogen-bond donors (Lipinski definition) is 0. The van der Waals surface area contributed by atoms with Gasteiger partial charge in [-0.15, -0.1) is 11.6 Å². The van der Waals surface area contributed by atoms with Gasteiger partial charge in [-0.25, -0.2) is 0 Å². The molecule has 110 valence electrons. The minimum Gasteiger partial charge on any atom is -0.496 e. The lowest BCUT2D eigenvalue weighted by Crippen LogP contribution is -2.41. The van der Waals surface area contributed by atoms with E-state index in [1.165, 1.54) is 0 Å². The molecule has 0 radical (unpaired) electrons. The normalized spacial score (nSPS) is 25.2. The lowest BCUT2D eigenvalue weighted by Gasteiger charge is -2.33. The van der Waals surface area contributed by atoms with Crippen molar-refractivity contribution in [3.05, 3.63) is 23.3 Å². The summed E-state index contributed by atoms with van der Waals surface area (Å²) in [6.07, 6.45) is 0.311. The van der Waals surface area contributed by atoms with Gasteiger partial charge in [0.2, 0.25) is 0 Å². The number of ether oxygens (including phenoxy) is 2. The lowest BCUT2D eigenvalue weighted by atomic mass is 9.87. The Labute approximate surface area is 125 Å². The molecule has 0 bridgehead atoms. The largest absolute Gasteiger partial charge is 0.496 e. The van der Waals surface area contributed by atoms with Crippen LogP contribution in [0.2, 0.25) is 0 Å². The van der Waals surface area contributed by atoms with Gasteiger partial charge in [-0.2, -0.15) is 0 Å². The van der Waals surface area contributed by atoms with E-state index in [2.05, 4.69) is 0 Å². The van der Waals surface area contributed by atoms with E-state index in [1.54, 1.807) is 21.0 Å². The summed E-state index contributed by atoms with van der Waals surface area (Å²) in [4.78, 5) is 12.2. The monoisotopic (exact) mass is 296 g/mol. The first kappa shape index (κ1) is 15.2. The molecule has 20 heavy (non-hydrogen) atoms. The number of hydrogen-bond acceptors (Lipinski definition) is 3. The maximum absolute atomic E-state index is 12.2. The summed E-state index contributed by atoms with van der Waals surface area (Å²) in [7, 11) is 1.65. The fourth-order valence-electron chi connectivity index (χ4n) is 2.47. The van der Waals surface area contributed by atoms with Crippen molar-refractivity contribution in [3.8, 4) is 11.5 Å². The Morgan fingerprint density at radius 2 is 2.05 bits per heavy atom. The second kappa shape index (κ2) is 5.28. The molecule has 0 saturated carbocycles. The van der Waals surface area contributed by atoms with Gasteiger partial charge in [0.15, 0.2) is 11.4 Å². The van der Waals surface area contributed by atoms with Crippen LogP contribution in [0.25, 0.3) is 0 Å². The highest BCUT2D eigenvalue weighted by Crippen LogP contribution is 2.41. The average Bonchev–Trinajstić information content (AvgIpc) is 2.36. The van der Waals surface area contributed by atoms with Crippen LogP contribution in [0.5, 0.6) is 11.5 Å². The van der Waals surface area contributed by atoms with Crippen molar-refractivity contribution in [3.63, 3.8) is 0 Å². The third-order valence-corrected chi connectivity index (χ3v) is 4.51. The summed E-state index contributed by atoms with van der Waals surface area (Å²) in [6, 6.07) is 3.89. The van der Waals surface area contributed by atoms with Crippen molar-refractivity contribution in [2.45, 2.75) is 51.0 Å². The van der Waals surface area contributed by atoms with E-state index < -0.39 is 5.60 Å². The highest BCUT2D eigenvalue weighted by molar-refractivity contribution is 6.22. The van der Waals surface area contributed by atoms with E-state index in [0.717, 1.165) is 22.6 Å². The SMILES string of the molecule is COc1cc2c(cc1C)OC(C)(C)C(=O)CC(Cl)C2C. The second-order valence-electron chi connectivity index (χ2n) is 5.90. The zero-order valence-electron chi connectivity index (χ0n) is 12.6. The van der Waals surface area contributed by atoms with Crippen LogP contribution < -0.4 is 9.47 Å². The molecule has 2 unspecified atom stereocenters. The van der Waals surface area contributed by atoms with Gasteiger partial charge in [0.25, 0.3) is 0 Å². The molecule has 3 nitrogen and oxygen atoms in total. The van der Waals surface area contributed by atoms with Crippen LogP contribution >= 0.6 is 11.6 Å². The third-order valence-electron chi connectivity index (χ3n) is 3.98. The van der Waals surface area contributed by atoms with Gasteiger partial charge in [0, 0.05) is 23.3 Å². The Balaban J connectivity index is 2.58. The van der Waals surface area contributed by atoms with Crippen LogP contribution in [-0.4, -0.2) is 23.9 Å². The van der Waals surface area contributed by atoms with E-state index >= 15 is 0 Å². The van der Waals surface area contributed by atoms with Crippen LogP contribution in [0.4, 0.5) is 0 Å². The topological polar surface area (TPSA) is 35.5 Å². The number of alkyl halides is 1. The molecule has 0 saturated heterocycles. The molecule has 0 aromatic heterocycles. The summed E-state index contributed by atoms with van der Waals surface area (Å²) >= 11 is 6.41. The van der Waals surface area contributed by atoms with Crippen molar-refractivity contribution >= 4 is 17.4 Å². The number of aryl methyl sites for hydroxylation is 1. The zero-order valence-corrected chi connectivity index (χ0v) is 13.4. The molecule has 4 heteroatoms. The number of benzene rings is 1. The Kier molecular flexibility index (Phi) is 4.01. The van der Waals surface area contributed by atoms with Gasteiger partial charge in [0.05, 0.1) is 7.11 Å². The van der Waals surface area contributed by atoms with Crippen molar-refractivity contribution in [1.29, 1.82) is 0 Å². The van der Waals surface area contributed by atoms with E-state index in [0.29, 0.717) is 6.42 Å². The van der Waals surface area contributed by atoms with Crippen LogP contribution in [-0.2, 0) is 4.79 Å². The third kappa shape index (κ3) is 2.64. The van der Waals surface area contributed by atoms with E-state index in [9.17, 15) is 4.79 Å². The first-order valence-electron chi connectivity index (χ1n) is 6.81. The number of Topliss-reactive ketones (excluding diaryl/α,β-unsaturated/α-hetero) is 1. The first-order chi connectivity index (χ1) is 9.26. The number of methoxy groups -OCH3 is 1. The Bertz CT molecular complexity index is 537. The summed E-state index contributed by atoms with van der Waals surface area (Å²) in [6.45, 7) is 7.55. The Hall–Kier alpha value is -1.22. The average molecular weight is 297 g/mol. The molecule has 1 aliphatic heterocycles. The molecule has 0 amide bonds. The van der Waals surface area contributed by atoms with E-state index in [-0.39, 0.29) is 17.1 Å². The zero-order chi connectivity index (χ0) is 15.1. The molecular weight excluding hydrogens is 276 g/mol. The van der Waals surface area contributed by atoms with Crippen molar-refractivity contribution in [2.24, 2.45) is 0 Å². The number of fused-ring (bicyclic) bond motifs is 1. The second-order valence-corrected chi connectivity index (χ2v) is 6.46. The molecular formula is C16H21ClO3. The predicted molar refractivity (Wildman–Crippen MR) is 80.1 cm³/mol. The molecule has 1 heterocycles. The summed E-state index contributed by atoms with van der Waals surface area (Å²) in [5.41, 5.74) is 1.12. The molecule has 0 N–H and O–H groups in total. The van der Waals surface area contributed by atoms with E-state index in [1.807, 2.05) is 26.0 Å². The number of rotatable bonds is 1. The Morgan fingerprint density at radius 1 is 1.40 bits per heavy atom. The summed E-state index contributed by atoms with van der Waals surface area (Å²) < 4.78 is 11.3. The van der Waals surface area contributed by atoms with Gasteiger partial charge >= 0.3 is 0 Å². The molecule has 2 rings (SSSR count). The number of carbonyl (C=O) groups excluding carboxylic acids is 1. The highest BCUT2D eigenvalue weighted by atomic mass is 35.5. The molecule has 0 aliphatic carbocycles. The predicted octanol–water partition coefficient (Wildman–Crippen LogP) is 3.84. The van der Waals surface area contributed by atoms with Crippen molar-refractivity contribution in [2.75, 3.05) is 7.11 Å². The van der Waals surface area contributed by atoms with Gasteiger partial charge in [-0.1, -0.05) is 6.92 Å².